The number of nitriles is 1. The lowest BCUT2D eigenvalue weighted by molar-refractivity contribution is -0.107. The largest absolute Gasteiger partial charge is 0.494 e. The summed E-state index contributed by atoms with van der Waals surface area (Å²) in [6.45, 7) is 1.85. The Morgan fingerprint density at radius 2 is 1.79 bits per heavy atom. The standard InChI is InChI=1S/C29H23N3O6/c1-28-22(33)14-29(38-28,12-13-36-27-31-19-8-4-5-9-21(19)37-27)24-23(28)25(34)32(26(24)35)20-11-10-16(15-30)17-6-2-3-7-18(17)20/h2-11,22,33-35H,12-14H2,1H3/t22-,28-,29+/m0/s1. The molecule has 2 bridgehead atoms. The second-order valence-electron chi connectivity index (χ2n) is 9.99. The minimum Gasteiger partial charge on any atom is -0.494 e. The van der Waals surface area contributed by atoms with Gasteiger partial charge in [-0.1, -0.05) is 36.4 Å². The molecule has 9 nitrogen and oxygen atoms in total. The van der Waals surface area contributed by atoms with Gasteiger partial charge in [0, 0.05) is 23.6 Å². The second kappa shape index (κ2) is 7.74. The summed E-state index contributed by atoms with van der Waals surface area (Å²) in [6.07, 6.45) is -0.288. The van der Waals surface area contributed by atoms with Crippen molar-refractivity contribution in [2.75, 3.05) is 6.61 Å². The SMILES string of the molecule is C[C@]12O[C@](CCOc3nc4ccccc4o3)(C[C@@H]1O)c1c2c(O)n(-c2ccc(C#N)c3ccccc23)c1O. The number of rotatable bonds is 5. The summed E-state index contributed by atoms with van der Waals surface area (Å²) >= 11 is 0. The smallest absolute Gasteiger partial charge is 0.394 e. The number of aromatic hydroxyl groups is 2. The number of fused-ring (bicyclic) bond motifs is 7. The number of hydrogen-bond acceptors (Lipinski definition) is 8. The minimum absolute atomic E-state index is 0.121. The summed E-state index contributed by atoms with van der Waals surface area (Å²) in [5.74, 6) is -0.389. The maximum Gasteiger partial charge on any atom is 0.394 e. The zero-order valence-electron chi connectivity index (χ0n) is 20.4. The Labute approximate surface area is 216 Å². The van der Waals surface area contributed by atoms with Crippen LogP contribution in [0.1, 0.15) is 36.5 Å². The highest BCUT2D eigenvalue weighted by molar-refractivity contribution is 5.95. The topological polar surface area (TPSA) is 134 Å². The lowest BCUT2D eigenvalue weighted by Crippen LogP contribution is -2.33. The van der Waals surface area contributed by atoms with Crippen molar-refractivity contribution < 1.29 is 29.2 Å². The van der Waals surface area contributed by atoms with Crippen LogP contribution in [0.2, 0.25) is 0 Å². The Morgan fingerprint density at radius 3 is 2.58 bits per heavy atom. The van der Waals surface area contributed by atoms with Gasteiger partial charge in [-0.2, -0.15) is 10.2 Å². The van der Waals surface area contributed by atoms with Crippen LogP contribution in [0, 0.1) is 11.3 Å². The fourth-order valence-corrected chi connectivity index (χ4v) is 6.14. The van der Waals surface area contributed by atoms with Gasteiger partial charge in [0.15, 0.2) is 5.58 Å². The predicted molar refractivity (Wildman–Crippen MR) is 136 cm³/mol. The molecule has 2 aliphatic heterocycles. The molecule has 2 aliphatic rings. The number of nitrogens with zero attached hydrogens (tertiary/aromatic N) is 3. The first-order valence-corrected chi connectivity index (χ1v) is 12.3. The van der Waals surface area contributed by atoms with Crippen LogP contribution in [-0.2, 0) is 15.9 Å². The van der Waals surface area contributed by atoms with Gasteiger partial charge in [-0.3, -0.25) is 4.57 Å². The van der Waals surface area contributed by atoms with E-state index in [9.17, 15) is 20.6 Å². The number of oxazole rings is 1. The molecule has 1 saturated heterocycles. The summed E-state index contributed by atoms with van der Waals surface area (Å²) in [6, 6.07) is 20.2. The molecule has 3 N–H and O–H groups in total. The number of aliphatic hydroxyl groups excluding tert-OH is 1. The zero-order valence-corrected chi connectivity index (χ0v) is 20.4. The molecule has 2 aromatic heterocycles. The Morgan fingerprint density at radius 1 is 1.05 bits per heavy atom. The first kappa shape index (κ1) is 22.7. The molecular formula is C29H23N3O6. The Hall–Kier alpha value is -4.52. The third-order valence-corrected chi connectivity index (χ3v) is 7.91. The van der Waals surface area contributed by atoms with Crippen molar-refractivity contribution in [1.29, 1.82) is 5.26 Å². The molecule has 0 radical (unpaired) electrons. The van der Waals surface area contributed by atoms with E-state index in [1.54, 1.807) is 25.1 Å². The first-order chi connectivity index (χ1) is 18.4. The van der Waals surface area contributed by atoms with Gasteiger partial charge in [-0.15, -0.1) is 0 Å². The summed E-state index contributed by atoms with van der Waals surface area (Å²) in [5, 5.41) is 45.0. The summed E-state index contributed by atoms with van der Waals surface area (Å²) in [7, 11) is 0. The maximum absolute atomic E-state index is 11.6. The number of ether oxygens (including phenoxy) is 2. The fraction of sp³-hybridized carbons (Fsp3) is 0.241. The van der Waals surface area contributed by atoms with Gasteiger partial charge in [0.05, 0.1) is 41.2 Å². The summed E-state index contributed by atoms with van der Waals surface area (Å²) in [5.41, 5.74) is 0.756. The monoisotopic (exact) mass is 509 g/mol. The van der Waals surface area contributed by atoms with E-state index in [-0.39, 0.29) is 37.3 Å². The van der Waals surface area contributed by atoms with E-state index in [0.717, 1.165) is 0 Å². The van der Waals surface area contributed by atoms with Crippen LogP contribution < -0.4 is 4.74 Å². The first-order valence-electron chi connectivity index (χ1n) is 12.3. The van der Waals surface area contributed by atoms with Crippen LogP contribution in [0.5, 0.6) is 17.8 Å². The Balaban J connectivity index is 1.30. The maximum atomic E-state index is 11.6. The van der Waals surface area contributed by atoms with Crippen molar-refractivity contribution in [3.63, 3.8) is 0 Å². The normalized spacial score (nSPS) is 23.7. The van der Waals surface area contributed by atoms with Crippen molar-refractivity contribution >= 4 is 21.9 Å². The molecule has 0 unspecified atom stereocenters. The third-order valence-electron chi connectivity index (χ3n) is 7.91. The van der Waals surface area contributed by atoms with Gasteiger partial charge < -0.3 is 29.2 Å². The molecule has 0 spiro atoms. The van der Waals surface area contributed by atoms with E-state index in [2.05, 4.69) is 11.1 Å². The van der Waals surface area contributed by atoms with E-state index >= 15 is 0 Å². The number of para-hydroxylation sites is 2. The van der Waals surface area contributed by atoms with Crippen LogP contribution in [0.25, 0.3) is 27.6 Å². The molecule has 7 rings (SSSR count). The number of hydrogen-bond donors (Lipinski definition) is 3. The average Bonchev–Trinajstić information content (AvgIpc) is 3.60. The molecule has 0 aliphatic carbocycles. The molecule has 0 saturated carbocycles. The molecule has 38 heavy (non-hydrogen) atoms. The molecule has 3 aromatic carbocycles. The van der Waals surface area contributed by atoms with Crippen LogP contribution >= 0.6 is 0 Å². The lowest BCUT2D eigenvalue weighted by Gasteiger charge is -2.26. The molecule has 9 heteroatoms. The second-order valence-corrected chi connectivity index (χ2v) is 9.99. The van der Waals surface area contributed by atoms with Crippen LogP contribution in [0.3, 0.4) is 0 Å². The van der Waals surface area contributed by atoms with E-state index in [1.165, 1.54) is 4.57 Å². The minimum atomic E-state index is -1.22. The lowest BCUT2D eigenvalue weighted by atomic mass is 9.76. The summed E-state index contributed by atoms with van der Waals surface area (Å²) < 4.78 is 19.2. The predicted octanol–water partition coefficient (Wildman–Crippen LogP) is 4.73. The van der Waals surface area contributed by atoms with E-state index in [1.807, 2.05) is 42.5 Å². The highest BCUT2D eigenvalue weighted by Gasteiger charge is 2.66. The van der Waals surface area contributed by atoms with Gasteiger partial charge in [0.1, 0.15) is 16.7 Å². The Bertz CT molecular complexity index is 1770. The molecule has 5 aromatic rings. The highest BCUT2D eigenvalue weighted by atomic mass is 16.6. The van der Waals surface area contributed by atoms with Crippen molar-refractivity contribution in [2.24, 2.45) is 0 Å². The van der Waals surface area contributed by atoms with Crippen LogP contribution in [0.15, 0.2) is 65.1 Å². The van der Waals surface area contributed by atoms with Gasteiger partial charge in [-0.25, -0.2) is 0 Å². The molecule has 1 fully saturated rings. The number of benzene rings is 3. The highest BCUT2D eigenvalue weighted by Crippen LogP contribution is 2.65. The van der Waals surface area contributed by atoms with Crippen LogP contribution in [0.4, 0.5) is 0 Å². The molecule has 190 valence electrons. The average molecular weight is 510 g/mol. The van der Waals surface area contributed by atoms with E-state index in [0.29, 0.717) is 44.2 Å². The molecule has 3 atom stereocenters. The fourth-order valence-electron chi connectivity index (χ4n) is 6.14. The third kappa shape index (κ3) is 2.90. The van der Waals surface area contributed by atoms with Gasteiger partial charge in [-0.05, 0) is 31.2 Å². The van der Waals surface area contributed by atoms with Crippen molar-refractivity contribution in [3.05, 3.63) is 77.4 Å². The number of aromatic nitrogens is 2. The van der Waals surface area contributed by atoms with Crippen molar-refractivity contribution in [3.8, 4) is 29.6 Å². The number of aliphatic hydroxyl groups is 1. The quantitative estimate of drug-likeness (QED) is 0.310. The molecular weight excluding hydrogens is 486 g/mol. The Kier molecular flexibility index (Phi) is 4.62. The van der Waals surface area contributed by atoms with Crippen LogP contribution in [-0.4, -0.2) is 37.6 Å². The van der Waals surface area contributed by atoms with E-state index in [4.69, 9.17) is 13.9 Å². The van der Waals surface area contributed by atoms with Gasteiger partial charge in [0.25, 0.3) is 0 Å². The zero-order chi connectivity index (χ0) is 26.2. The molecule has 4 heterocycles. The van der Waals surface area contributed by atoms with Gasteiger partial charge >= 0.3 is 6.08 Å². The van der Waals surface area contributed by atoms with Crippen molar-refractivity contribution in [1.82, 2.24) is 9.55 Å². The molecule has 0 amide bonds. The van der Waals surface area contributed by atoms with Gasteiger partial charge in [0.2, 0.25) is 11.8 Å². The van der Waals surface area contributed by atoms with E-state index < -0.39 is 17.3 Å². The summed E-state index contributed by atoms with van der Waals surface area (Å²) in [4.78, 5) is 4.33. The van der Waals surface area contributed by atoms with Crippen molar-refractivity contribution in [2.45, 2.75) is 37.1 Å².